The van der Waals surface area contributed by atoms with Gasteiger partial charge in [0.05, 0.1) is 22.9 Å². The van der Waals surface area contributed by atoms with Crippen LogP contribution in [-0.2, 0) is 0 Å². The molecule has 0 radical (unpaired) electrons. The predicted octanol–water partition coefficient (Wildman–Crippen LogP) is 1.93. The Morgan fingerprint density at radius 1 is 1.54 bits per heavy atom. The first kappa shape index (κ1) is 8.69. The lowest BCUT2D eigenvalue weighted by atomic mass is 10.4. The van der Waals surface area contributed by atoms with Crippen LogP contribution < -0.4 is 10.5 Å². The van der Waals surface area contributed by atoms with E-state index in [-0.39, 0.29) is 0 Å². The topological polar surface area (TPSA) is 48.1 Å². The predicted molar refractivity (Wildman–Crippen MR) is 54.1 cm³/mol. The van der Waals surface area contributed by atoms with Crippen molar-refractivity contribution in [2.45, 2.75) is 23.8 Å². The third kappa shape index (κ3) is 1.88. The molecule has 1 aromatic rings. The van der Waals surface area contributed by atoms with Crippen LogP contribution in [0.15, 0.2) is 17.3 Å². The van der Waals surface area contributed by atoms with Crippen LogP contribution in [0.5, 0.6) is 5.75 Å². The summed E-state index contributed by atoms with van der Waals surface area (Å²) in [6, 6.07) is 0. The highest BCUT2D eigenvalue weighted by molar-refractivity contribution is 7.98. The van der Waals surface area contributed by atoms with Crippen molar-refractivity contribution in [3.05, 3.63) is 12.4 Å². The van der Waals surface area contributed by atoms with Crippen LogP contribution in [0.3, 0.4) is 0 Å². The maximum atomic E-state index is 5.77. The Labute approximate surface area is 81.7 Å². The summed E-state index contributed by atoms with van der Waals surface area (Å²) >= 11 is 1.61. The molecule has 0 aromatic carbocycles. The Balaban J connectivity index is 2.27. The average molecular weight is 196 g/mol. The van der Waals surface area contributed by atoms with E-state index in [9.17, 15) is 0 Å². The minimum atomic E-state index is 0.385. The molecule has 0 atom stereocenters. The van der Waals surface area contributed by atoms with E-state index >= 15 is 0 Å². The molecule has 1 heterocycles. The van der Waals surface area contributed by atoms with E-state index in [1.165, 1.54) is 0 Å². The van der Waals surface area contributed by atoms with Crippen LogP contribution in [-0.4, -0.2) is 17.3 Å². The highest BCUT2D eigenvalue weighted by Gasteiger charge is 2.25. The van der Waals surface area contributed by atoms with E-state index in [2.05, 4.69) is 4.98 Å². The normalized spacial score (nSPS) is 15.8. The summed E-state index contributed by atoms with van der Waals surface area (Å²) in [4.78, 5) is 5.04. The maximum absolute atomic E-state index is 5.77. The summed E-state index contributed by atoms with van der Waals surface area (Å²) in [5.41, 5.74) is 6.41. The van der Waals surface area contributed by atoms with Gasteiger partial charge in [0.15, 0.2) is 5.75 Å². The van der Waals surface area contributed by atoms with Gasteiger partial charge in [0.2, 0.25) is 0 Å². The Bertz CT molecular complexity index is 312. The van der Waals surface area contributed by atoms with Gasteiger partial charge in [0, 0.05) is 6.20 Å². The molecule has 0 saturated heterocycles. The fourth-order valence-corrected chi connectivity index (χ4v) is 1.59. The number of rotatable bonds is 3. The Hall–Kier alpha value is -0.900. The zero-order valence-corrected chi connectivity index (χ0v) is 8.30. The molecule has 2 rings (SSSR count). The molecule has 0 amide bonds. The number of nitrogens with two attached hydrogens (primary N) is 1. The summed E-state index contributed by atoms with van der Waals surface area (Å²) in [6.07, 6.45) is 8.10. The molecule has 1 aliphatic rings. The fraction of sp³-hybridized carbons (Fsp3) is 0.444. The van der Waals surface area contributed by atoms with Crippen molar-refractivity contribution < 1.29 is 4.74 Å². The zero-order chi connectivity index (χ0) is 9.26. The summed E-state index contributed by atoms with van der Waals surface area (Å²) in [6.45, 7) is 0. The second-order valence-corrected chi connectivity index (χ2v) is 3.93. The molecule has 3 nitrogen and oxygen atoms in total. The Kier molecular flexibility index (Phi) is 2.31. The summed E-state index contributed by atoms with van der Waals surface area (Å²) in [5, 5.41) is 0. The van der Waals surface area contributed by atoms with Gasteiger partial charge < -0.3 is 10.5 Å². The van der Waals surface area contributed by atoms with Gasteiger partial charge in [-0.25, -0.2) is 0 Å². The van der Waals surface area contributed by atoms with Crippen LogP contribution in [0.2, 0.25) is 0 Å². The van der Waals surface area contributed by atoms with Crippen LogP contribution >= 0.6 is 11.8 Å². The molecule has 0 bridgehead atoms. The smallest absolute Gasteiger partial charge is 0.159 e. The van der Waals surface area contributed by atoms with Crippen molar-refractivity contribution in [3.8, 4) is 5.75 Å². The number of ether oxygens (including phenoxy) is 1. The molecule has 0 spiro atoms. The molecule has 4 heteroatoms. The van der Waals surface area contributed by atoms with Crippen LogP contribution in [0.1, 0.15) is 12.8 Å². The summed E-state index contributed by atoms with van der Waals surface area (Å²) < 4.78 is 5.69. The number of nitrogen functional groups attached to an aromatic ring is 1. The third-order valence-electron chi connectivity index (χ3n) is 1.92. The molecule has 1 fully saturated rings. The second-order valence-electron chi connectivity index (χ2n) is 3.08. The first-order valence-corrected chi connectivity index (χ1v) is 5.48. The molecule has 0 aliphatic heterocycles. The standard InChI is InChI=1S/C9H12N2OS/c1-13-8-5-11-4-7(10)9(8)12-6-2-3-6/h4-6H,2-3,10H2,1H3. The van der Waals surface area contributed by atoms with E-state index < -0.39 is 0 Å². The minimum Gasteiger partial charge on any atom is -0.487 e. The van der Waals surface area contributed by atoms with Crippen molar-refractivity contribution in [1.82, 2.24) is 4.98 Å². The number of hydrogen-bond acceptors (Lipinski definition) is 4. The van der Waals surface area contributed by atoms with E-state index in [4.69, 9.17) is 10.5 Å². The number of nitrogens with zero attached hydrogens (tertiary/aromatic N) is 1. The number of thioether (sulfide) groups is 1. The van der Waals surface area contributed by atoms with Crippen molar-refractivity contribution in [2.75, 3.05) is 12.0 Å². The molecule has 0 unspecified atom stereocenters. The molecular formula is C9H12N2OS. The number of hydrogen-bond donors (Lipinski definition) is 1. The van der Waals surface area contributed by atoms with Gasteiger partial charge in [0.1, 0.15) is 0 Å². The monoisotopic (exact) mass is 196 g/mol. The average Bonchev–Trinajstić information content (AvgIpc) is 2.92. The lowest BCUT2D eigenvalue weighted by Crippen LogP contribution is -2.01. The van der Waals surface area contributed by atoms with Crippen molar-refractivity contribution in [2.24, 2.45) is 0 Å². The van der Waals surface area contributed by atoms with Gasteiger partial charge in [0.25, 0.3) is 0 Å². The van der Waals surface area contributed by atoms with Crippen molar-refractivity contribution >= 4 is 17.4 Å². The first-order chi connectivity index (χ1) is 6.31. The SMILES string of the molecule is CSc1cncc(N)c1OC1CC1. The molecule has 1 aliphatic carbocycles. The molecule has 1 aromatic heterocycles. The van der Waals surface area contributed by atoms with Gasteiger partial charge in [-0.1, -0.05) is 0 Å². The highest BCUT2D eigenvalue weighted by atomic mass is 32.2. The lowest BCUT2D eigenvalue weighted by Gasteiger charge is -2.10. The Morgan fingerprint density at radius 3 is 2.92 bits per heavy atom. The quantitative estimate of drug-likeness (QED) is 0.750. The highest BCUT2D eigenvalue weighted by Crippen LogP contribution is 2.36. The first-order valence-electron chi connectivity index (χ1n) is 4.25. The van der Waals surface area contributed by atoms with E-state index in [0.29, 0.717) is 11.8 Å². The largest absolute Gasteiger partial charge is 0.487 e. The third-order valence-corrected chi connectivity index (χ3v) is 2.65. The molecule has 1 saturated carbocycles. The summed E-state index contributed by atoms with van der Waals surface area (Å²) in [5.74, 6) is 0.810. The summed E-state index contributed by atoms with van der Waals surface area (Å²) in [7, 11) is 0. The molecule has 2 N–H and O–H groups in total. The molecule has 13 heavy (non-hydrogen) atoms. The zero-order valence-electron chi connectivity index (χ0n) is 7.49. The Morgan fingerprint density at radius 2 is 2.31 bits per heavy atom. The van der Waals surface area contributed by atoms with Crippen LogP contribution in [0, 0.1) is 0 Å². The van der Waals surface area contributed by atoms with Gasteiger partial charge in [-0.2, -0.15) is 0 Å². The van der Waals surface area contributed by atoms with Gasteiger partial charge in [-0.05, 0) is 19.1 Å². The van der Waals surface area contributed by atoms with Gasteiger partial charge in [-0.3, -0.25) is 4.98 Å². The van der Waals surface area contributed by atoms with Crippen molar-refractivity contribution in [3.63, 3.8) is 0 Å². The van der Waals surface area contributed by atoms with Crippen molar-refractivity contribution in [1.29, 1.82) is 0 Å². The number of pyridine rings is 1. The minimum absolute atomic E-state index is 0.385. The van der Waals surface area contributed by atoms with Gasteiger partial charge in [-0.15, -0.1) is 11.8 Å². The number of aromatic nitrogens is 1. The van der Waals surface area contributed by atoms with Crippen LogP contribution in [0.4, 0.5) is 5.69 Å². The van der Waals surface area contributed by atoms with E-state index in [1.807, 2.05) is 6.26 Å². The van der Waals surface area contributed by atoms with Gasteiger partial charge >= 0.3 is 0 Å². The maximum Gasteiger partial charge on any atom is 0.159 e. The molecule has 70 valence electrons. The lowest BCUT2D eigenvalue weighted by molar-refractivity contribution is 0.297. The second kappa shape index (κ2) is 3.46. The van der Waals surface area contributed by atoms with E-state index in [0.717, 1.165) is 23.5 Å². The van der Waals surface area contributed by atoms with E-state index in [1.54, 1.807) is 24.2 Å². The fourth-order valence-electron chi connectivity index (χ4n) is 1.07. The van der Waals surface area contributed by atoms with Crippen LogP contribution in [0.25, 0.3) is 0 Å². The number of anilines is 1. The molecular weight excluding hydrogens is 184 g/mol.